The van der Waals surface area contributed by atoms with Gasteiger partial charge in [-0.2, -0.15) is 0 Å². The lowest BCUT2D eigenvalue weighted by molar-refractivity contribution is -0.162. The van der Waals surface area contributed by atoms with Gasteiger partial charge in [0.05, 0.1) is 7.11 Å². The van der Waals surface area contributed by atoms with Gasteiger partial charge in [0.15, 0.2) is 0 Å². The highest BCUT2D eigenvalue weighted by molar-refractivity contribution is 6.00. The van der Waals surface area contributed by atoms with Crippen LogP contribution in [0.1, 0.15) is 44.4 Å². The van der Waals surface area contributed by atoms with Crippen molar-refractivity contribution in [1.82, 2.24) is 25.1 Å². The number of aromatic amines is 1. The van der Waals surface area contributed by atoms with E-state index in [0.717, 1.165) is 34.9 Å². The molecule has 2 saturated heterocycles. The zero-order valence-corrected chi connectivity index (χ0v) is 22.4. The number of carbonyl (C=O) groups excluding carboxylic acids is 2. The highest BCUT2D eigenvalue weighted by Crippen LogP contribution is 2.36. The Hall–Kier alpha value is -3.65. The number of nitrogens with zero attached hydrogens (tertiary/aromatic N) is 3. The second-order valence-corrected chi connectivity index (χ2v) is 10.9. The first-order chi connectivity index (χ1) is 18.4. The molecule has 2 aliphatic heterocycles. The summed E-state index contributed by atoms with van der Waals surface area (Å²) in [6.45, 7) is 6.69. The molecule has 0 radical (unpaired) electrons. The fraction of sp³-hybridized carbons (Fsp3) is 0.433. The Kier molecular flexibility index (Phi) is 7.51. The van der Waals surface area contributed by atoms with Gasteiger partial charge in [0.25, 0.3) is 0 Å². The number of hydrogen-bond acceptors (Lipinski definition) is 5. The predicted octanol–water partition coefficient (Wildman–Crippen LogP) is 3.99. The third kappa shape index (κ3) is 5.31. The summed E-state index contributed by atoms with van der Waals surface area (Å²) >= 11 is 0. The molecule has 3 aromatic rings. The number of likely N-dealkylation sites (tertiary alicyclic amines) is 1. The Balaban J connectivity index is 1.33. The van der Waals surface area contributed by atoms with Crippen LogP contribution in [-0.2, 0) is 22.7 Å². The van der Waals surface area contributed by atoms with Crippen molar-refractivity contribution in [2.45, 2.75) is 57.8 Å². The fourth-order valence-corrected chi connectivity index (χ4v) is 5.69. The molecule has 38 heavy (non-hydrogen) atoms. The summed E-state index contributed by atoms with van der Waals surface area (Å²) in [4.78, 5) is 39.7. The van der Waals surface area contributed by atoms with Gasteiger partial charge in [-0.3, -0.25) is 14.5 Å². The minimum Gasteiger partial charge on any atom is -0.497 e. The lowest BCUT2D eigenvalue weighted by atomic mass is 9.80. The first kappa shape index (κ1) is 26.0. The summed E-state index contributed by atoms with van der Waals surface area (Å²) < 4.78 is 5.41. The van der Waals surface area contributed by atoms with Crippen molar-refractivity contribution in [3.05, 3.63) is 72.1 Å². The molecule has 1 atom stereocenters. The van der Waals surface area contributed by atoms with E-state index >= 15 is 0 Å². The van der Waals surface area contributed by atoms with Crippen molar-refractivity contribution in [2.75, 3.05) is 20.2 Å². The standard InChI is InChI=1S/C30H37N5O3/c1-21(2)16-26-28(36)35(19-22-8-7-11-25(17-22)38-3)30(29(37)33-26)12-14-34(15-13-30)20-24-18-31-27(32-24)23-9-5-4-6-10-23/h4-11,17-18,21,26H,12-16,19-20H2,1-3H3,(H,31,32)(H,33,37). The molecule has 5 rings (SSSR count). The van der Waals surface area contributed by atoms with Crippen molar-refractivity contribution < 1.29 is 14.3 Å². The second kappa shape index (κ2) is 11.0. The van der Waals surface area contributed by atoms with E-state index in [1.54, 1.807) is 7.11 Å². The number of piperidine rings is 1. The third-order valence-electron chi connectivity index (χ3n) is 7.74. The van der Waals surface area contributed by atoms with E-state index in [-0.39, 0.29) is 11.8 Å². The van der Waals surface area contributed by atoms with Crippen LogP contribution in [0.25, 0.3) is 11.4 Å². The summed E-state index contributed by atoms with van der Waals surface area (Å²) in [7, 11) is 1.64. The molecule has 200 valence electrons. The van der Waals surface area contributed by atoms with Crippen LogP contribution in [0.3, 0.4) is 0 Å². The van der Waals surface area contributed by atoms with Crippen LogP contribution in [-0.4, -0.2) is 63.4 Å². The van der Waals surface area contributed by atoms with Crippen LogP contribution in [0.2, 0.25) is 0 Å². The highest BCUT2D eigenvalue weighted by atomic mass is 16.5. The molecule has 1 unspecified atom stereocenters. The quantitative estimate of drug-likeness (QED) is 0.473. The molecule has 0 aliphatic carbocycles. The average Bonchev–Trinajstić information content (AvgIpc) is 3.40. The molecule has 2 N–H and O–H groups in total. The van der Waals surface area contributed by atoms with Gasteiger partial charge in [-0.25, -0.2) is 4.98 Å². The number of carbonyl (C=O) groups is 2. The van der Waals surface area contributed by atoms with Gasteiger partial charge >= 0.3 is 0 Å². The number of benzene rings is 2. The number of aromatic nitrogens is 2. The Morgan fingerprint density at radius 1 is 1.05 bits per heavy atom. The van der Waals surface area contributed by atoms with E-state index in [2.05, 4.69) is 34.0 Å². The maximum atomic E-state index is 13.8. The van der Waals surface area contributed by atoms with E-state index in [0.29, 0.717) is 44.8 Å². The smallest absolute Gasteiger partial charge is 0.246 e. The summed E-state index contributed by atoms with van der Waals surface area (Å²) in [5.41, 5.74) is 2.20. The molecule has 1 aromatic heterocycles. The van der Waals surface area contributed by atoms with Gasteiger partial charge in [-0.05, 0) is 42.9 Å². The zero-order valence-electron chi connectivity index (χ0n) is 22.4. The van der Waals surface area contributed by atoms with Crippen LogP contribution in [0.15, 0.2) is 60.8 Å². The maximum absolute atomic E-state index is 13.8. The molecule has 2 fully saturated rings. The number of H-pyrrole nitrogens is 1. The van der Waals surface area contributed by atoms with Crippen molar-refractivity contribution in [2.24, 2.45) is 5.92 Å². The lowest BCUT2D eigenvalue weighted by Crippen LogP contribution is -2.72. The van der Waals surface area contributed by atoms with E-state index in [9.17, 15) is 9.59 Å². The zero-order chi connectivity index (χ0) is 26.7. The molecular weight excluding hydrogens is 478 g/mol. The summed E-state index contributed by atoms with van der Waals surface area (Å²) in [5.74, 6) is 1.88. The van der Waals surface area contributed by atoms with E-state index in [1.165, 1.54) is 0 Å². The van der Waals surface area contributed by atoms with Crippen molar-refractivity contribution >= 4 is 11.8 Å². The largest absolute Gasteiger partial charge is 0.497 e. The number of methoxy groups -OCH3 is 1. The number of imidazole rings is 1. The van der Waals surface area contributed by atoms with Crippen LogP contribution >= 0.6 is 0 Å². The lowest BCUT2D eigenvalue weighted by Gasteiger charge is -2.51. The SMILES string of the molecule is COc1cccc(CN2C(=O)C(CC(C)C)NC(=O)C23CCN(Cc2cnc(-c4ccccc4)[nH]2)CC3)c1. The van der Waals surface area contributed by atoms with Crippen LogP contribution in [0, 0.1) is 5.92 Å². The summed E-state index contributed by atoms with van der Waals surface area (Å²) in [6.07, 6.45) is 3.69. The molecule has 2 aromatic carbocycles. The summed E-state index contributed by atoms with van der Waals surface area (Å²) in [5, 5.41) is 3.09. The van der Waals surface area contributed by atoms with Crippen molar-refractivity contribution in [3.8, 4) is 17.1 Å². The van der Waals surface area contributed by atoms with E-state index in [4.69, 9.17) is 4.74 Å². The Morgan fingerprint density at radius 2 is 1.82 bits per heavy atom. The number of hydrogen-bond donors (Lipinski definition) is 2. The topological polar surface area (TPSA) is 90.6 Å². The first-order valence-corrected chi connectivity index (χ1v) is 13.4. The van der Waals surface area contributed by atoms with Gasteiger partial charge in [-0.1, -0.05) is 56.3 Å². The molecule has 0 bridgehead atoms. The molecule has 8 nitrogen and oxygen atoms in total. The van der Waals surface area contributed by atoms with Crippen molar-refractivity contribution in [3.63, 3.8) is 0 Å². The maximum Gasteiger partial charge on any atom is 0.246 e. The number of nitrogens with one attached hydrogen (secondary N) is 2. The van der Waals surface area contributed by atoms with Gasteiger partial charge < -0.3 is 19.9 Å². The Morgan fingerprint density at radius 3 is 2.53 bits per heavy atom. The van der Waals surface area contributed by atoms with E-state index < -0.39 is 11.6 Å². The van der Waals surface area contributed by atoms with Crippen molar-refractivity contribution in [1.29, 1.82) is 0 Å². The van der Waals surface area contributed by atoms with Crippen LogP contribution < -0.4 is 10.1 Å². The Labute approximate surface area is 224 Å². The number of rotatable bonds is 8. The van der Waals surface area contributed by atoms with Crippen LogP contribution in [0.5, 0.6) is 5.75 Å². The molecule has 8 heteroatoms. The molecule has 3 heterocycles. The van der Waals surface area contributed by atoms with Gasteiger partial charge in [0, 0.05) is 43.6 Å². The molecule has 1 spiro atoms. The highest BCUT2D eigenvalue weighted by Gasteiger charge is 2.53. The van der Waals surface area contributed by atoms with Crippen LogP contribution in [0.4, 0.5) is 0 Å². The normalized spacial score (nSPS) is 19.7. The fourth-order valence-electron chi connectivity index (χ4n) is 5.69. The molecule has 2 amide bonds. The minimum atomic E-state index is -0.854. The first-order valence-electron chi connectivity index (χ1n) is 13.4. The molecule has 2 aliphatic rings. The molecule has 0 saturated carbocycles. The van der Waals surface area contributed by atoms with E-state index in [1.807, 2.05) is 65.7 Å². The number of ether oxygens (including phenoxy) is 1. The number of amides is 2. The predicted molar refractivity (Wildman–Crippen MR) is 146 cm³/mol. The van der Waals surface area contributed by atoms with Gasteiger partial charge in [-0.15, -0.1) is 0 Å². The van der Waals surface area contributed by atoms with Gasteiger partial charge in [0.2, 0.25) is 11.8 Å². The monoisotopic (exact) mass is 515 g/mol. The third-order valence-corrected chi connectivity index (χ3v) is 7.74. The summed E-state index contributed by atoms with van der Waals surface area (Å²) in [6, 6.07) is 17.3. The average molecular weight is 516 g/mol. The second-order valence-electron chi connectivity index (χ2n) is 10.9. The molecular formula is C30H37N5O3. The van der Waals surface area contributed by atoms with Gasteiger partial charge in [0.1, 0.15) is 23.2 Å². The number of piperazine rings is 1. The Bertz CT molecular complexity index is 1260. The minimum absolute atomic E-state index is 0.00985.